The van der Waals surface area contributed by atoms with Crippen LogP contribution < -0.4 is 19.5 Å². The Morgan fingerprint density at radius 2 is 1.72 bits per heavy atom. The predicted octanol–water partition coefficient (Wildman–Crippen LogP) is 2.54. The van der Waals surface area contributed by atoms with Crippen molar-refractivity contribution < 1.29 is 24.1 Å². The molecule has 0 unspecified atom stereocenters. The van der Waals surface area contributed by atoms with Crippen LogP contribution in [-0.4, -0.2) is 57.3 Å². The summed E-state index contributed by atoms with van der Waals surface area (Å²) in [6.45, 7) is 4.13. The molecule has 4 rings (SSSR count). The van der Waals surface area contributed by atoms with Crippen molar-refractivity contribution in [3.8, 4) is 17.2 Å². The van der Waals surface area contributed by atoms with Crippen molar-refractivity contribution in [2.75, 3.05) is 46.1 Å². The van der Waals surface area contributed by atoms with E-state index in [1.54, 1.807) is 0 Å². The van der Waals surface area contributed by atoms with Gasteiger partial charge in [0.05, 0.1) is 0 Å². The summed E-state index contributed by atoms with van der Waals surface area (Å²) in [5.41, 5.74) is 1.18. The lowest BCUT2D eigenvalue weighted by atomic mass is 9.74. The van der Waals surface area contributed by atoms with Crippen LogP contribution in [0.15, 0.2) is 48.5 Å². The lowest BCUT2D eigenvalue weighted by Crippen LogP contribution is -2.45. The standard InChI is InChI=1S/C23H29NO5/c25-19(16-29-20-4-2-1-3-5-20)15-24-17-23(8-10-26-11-9-23)18-6-7-21-22(14-18)28-13-12-27-21/h1-7,14,19,24-25H,8-13,15-17H2/t19-/m0/s1. The molecule has 1 atom stereocenters. The molecule has 29 heavy (non-hydrogen) atoms. The van der Waals surface area contributed by atoms with Crippen molar-refractivity contribution in [1.82, 2.24) is 5.32 Å². The molecule has 2 aliphatic rings. The number of hydrogen-bond acceptors (Lipinski definition) is 6. The van der Waals surface area contributed by atoms with Crippen LogP contribution in [0.3, 0.4) is 0 Å². The van der Waals surface area contributed by atoms with Gasteiger partial charge >= 0.3 is 0 Å². The highest BCUT2D eigenvalue weighted by atomic mass is 16.6. The van der Waals surface area contributed by atoms with Gasteiger partial charge in [-0.3, -0.25) is 0 Å². The van der Waals surface area contributed by atoms with Crippen LogP contribution >= 0.6 is 0 Å². The Kier molecular flexibility index (Phi) is 6.54. The maximum absolute atomic E-state index is 10.3. The first-order valence-electron chi connectivity index (χ1n) is 10.3. The summed E-state index contributed by atoms with van der Waals surface area (Å²) >= 11 is 0. The van der Waals surface area contributed by atoms with E-state index in [0.29, 0.717) is 19.8 Å². The zero-order valence-corrected chi connectivity index (χ0v) is 16.6. The van der Waals surface area contributed by atoms with E-state index in [2.05, 4.69) is 17.4 Å². The predicted molar refractivity (Wildman–Crippen MR) is 110 cm³/mol. The van der Waals surface area contributed by atoms with Crippen molar-refractivity contribution in [3.63, 3.8) is 0 Å². The molecular formula is C23H29NO5. The van der Waals surface area contributed by atoms with Crippen molar-refractivity contribution in [3.05, 3.63) is 54.1 Å². The monoisotopic (exact) mass is 399 g/mol. The third kappa shape index (κ3) is 5.01. The van der Waals surface area contributed by atoms with E-state index in [9.17, 15) is 5.11 Å². The molecule has 0 radical (unpaired) electrons. The van der Waals surface area contributed by atoms with Gasteiger partial charge in [0.2, 0.25) is 0 Å². The molecule has 2 N–H and O–H groups in total. The topological polar surface area (TPSA) is 69.2 Å². The van der Waals surface area contributed by atoms with Gasteiger partial charge in [-0.2, -0.15) is 0 Å². The number of rotatable bonds is 8. The summed E-state index contributed by atoms with van der Waals surface area (Å²) in [5.74, 6) is 2.39. The quantitative estimate of drug-likeness (QED) is 0.711. The summed E-state index contributed by atoms with van der Waals surface area (Å²) in [4.78, 5) is 0. The fraction of sp³-hybridized carbons (Fsp3) is 0.478. The smallest absolute Gasteiger partial charge is 0.161 e. The molecule has 2 aromatic rings. The van der Waals surface area contributed by atoms with Crippen LogP contribution in [-0.2, 0) is 10.2 Å². The summed E-state index contributed by atoms with van der Waals surface area (Å²) in [7, 11) is 0. The Morgan fingerprint density at radius 3 is 2.52 bits per heavy atom. The fourth-order valence-electron chi connectivity index (χ4n) is 3.95. The first kappa shape index (κ1) is 20.0. The highest BCUT2D eigenvalue weighted by Gasteiger charge is 2.35. The lowest BCUT2D eigenvalue weighted by molar-refractivity contribution is 0.0468. The Bertz CT molecular complexity index is 776. The molecule has 2 aromatic carbocycles. The van der Waals surface area contributed by atoms with E-state index in [1.807, 2.05) is 36.4 Å². The minimum Gasteiger partial charge on any atom is -0.491 e. The normalized spacial score (nSPS) is 18.8. The fourth-order valence-corrected chi connectivity index (χ4v) is 3.95. The minimum absolute atomic E-state index is 0.0475. The molecule has 0 amide bonds. The van der Waals surface area contributed by atoms with Gasteiger partial charge in [0, 0.05) is 31.7 Å². The van der Waals surface area contributed by atoms with Gasteiger partial charge < -0.3 is 29.4 Å². The van der Waals surface area contributed by atoms with Gasteiger partial charge in [0.15, 0.2) is 11.5 Å². The van der Waals surface area contributed by atoms with E-state index < -0.39 is 6.10 Å². The number of aliphatic hydroxyl groups excluding tert-OH is 1. The molecule has 0 saturated carbocycles. The average Bonchev–Trinajstić information content (AvgIpc) is 2.79. The average molecular weight is 399 g/mol. The molecule has 1 saturated heterocycles. The number of para-hydroxylation sites is 1. The van der Waals surface area contributed by atoms with Crippen LogP contribution in [0.1, 0.15) is 18.4 Å². The van der Waals surface area contributed by atoms with Crippen LogP contribution in [0.4, 0.5) is 0 Å². The molecule has 0 spiro atoms. The second-order valence-corrected chi connectivity index (χ2v) is 7.66. The summed E-state index contributed by atoms with van der Waals surface area (Å²) < 4.78 is 22.7. The molecule has 156 valence electrons. The molecule has 6 nitrogen and oxygen atoms in total. The zero-order chi connectivity index (χ0) is 19.9. The largest absolute Gasteiger partial charge is 0.491 e. The maximum atomic E-state index is 10.3. The zero-order valence-electron chi connectivity index (χ0n) is 16.6. The van der Waals surface area contributed by atoms with Crippen LogP contribution in [0, 0.1) is 0 Å². The van der Waals surface area contributed by atoms with E-state index in [4.69, 9.17) is 18.9 Å². The number of nitrogens with one attached hydrogen (secondary N) is 1. The SMILES string of the molecule is O[C@@H](CNCC1(c2ccc3c(c2)OCCO3)CCOCC1)COc1ccccc1. The molecule has 2 heterocycles. The second kappa shape index (κ2) is 9.48. The highest BCUT2D eigenvalue weighted by molar-refractivity contribution is 5.46. The van der Waals surface area contributed by atoms with Gasteiger partial charge in [-0.25, -0.2) is 0 Å². The van der Waals surface area contributed by atoms with Gasteiger partial charge in [0.25, 0.3) is 0 Å². The van der Waals surface area contributed by atoms with E-state index >= 15 is 0 Å². The Balaban J connectivity index is 1.36. The van der Waals surface area contributed by atoms with Gasteiger partial charge in [0.1, 0.15) is 31.7 Å². The molecule has 6 heteroatoms. The first-order valence-corrected chi connectivity index (χ1v) is 10.3. The Hall–Kier alpha value is -2.28. The summed E-state index contributed by atoms with van der Waals surface area (Å²) in [5, 5.41) is 13.8. The summed E-state index contributed by atoms with van der Waals surface area (Å²) in [6.07, 6.45) is 1.28. The Labute approximate surface area is 171 Å². The van der Waals surface area contributed by atoms with Gasteiger partial charge in [-0.05, 0) is 42.7 Å². The summed E-state index contributed by atoms with van der Waals surface area (Å²) in [6, 6.07) is 15.8. The molecule has 0 aromatic heterocycles. The molecule has 0 bridgehead atoms. The van der Waals surface area contributed by atoms with E-state index in [1.165, 1.54) is 5.56 Å². The number of aliphatic hydroxyl groups is 1. The van der Waals surface area contributed by atoms with Crippen molar-refractivity contribution in [2.45, 2.75) is 24.4 Å². The van der Waals surface area contributed by atoms with Crippen molar-refractivity contribution in [2.24, 2.45) is 0 Å². The molecule has 1 fully saturated rings. The van der Waals surface area contributed by atoms with Gasteiger partial charge in [-0.15, -0.1) is 0 Å². The molecular weight excluding hydrogens is 370 g/mol. The van der Waals surface area contributed by atoms with Crippen molar-refractivity contribution in [1.29, 1.82) is 0 Å². The number of fused-ring (bicyclic) bond motifs is 1. The Morgan fingerprint density at radius 1 is 0.966 bits per heavy atom. The van der Waals surface area contributed by atoms with Crippen molar-refractivity contribution >= 4 is 0 Å². The number of benzene rings is 2. The molecule has 0 aliphatic carbocycles. The second-order valence-electron chi connectivity index (χ2n) is 7.66. The maximum Gasteiger partial charge on any atom is 0.161 e. The van der Waals surface area contributed by atoms with E-state index in [0.717, 1.165) is 49.8 Å². The number of hydrogen-bond donors (Lipinski definition) is 2. The van der Waals surface area contributed by atoms with Gasteiger partial charge in [-0.1, -0.05) is 24.3 Å². The van der Waals surface area contributed by atoms with Crippen LogP contribution in [0.25, 0.3) is 0 Å². The first-order chi connectivity index (χ1) is 14.3. The van der Waals surface area contributed by atoms with Crippen LogP contribution in [0.5, 0.6) is 17.2 Å². The lowest BCUT2D eigenvalue weighted by Gasteiger charge is -2.38. The molecule has 2 aliphatic heterocycles. The minimum atomic E-state index is -0.577. The van der Waals surface area contributed by atoms with E-state index in [-0.39, 0.29) is 12.0 Å². The number of ether oxygens (including phenoxy) is 4. The van der Waals surface area contributed by atoms with Crippen LogP contribution in [0.2, 0.25) is 0 Å². The third-order valence-corrected chi connectivity index (χ3v) is 5.63. The highest BCUT2D eigenvalue weighted by Crippen LogP contribution is 2.39. The third-order valence-electron chi connectivity index (χ3n) is 5.63.